The molecule has 3 heteroatoms. The maximum atomic E-state index is 12.2. The summed E-state index contributed by atoms with van der Waals surface area (Å²) in [5.41, 5.74) is 0. The number of carbonyl (C=O) groups is 1. The normalized spacial score (nSPS) is 10.3. The molecule has 1 amide bonds. The fourth-order valence-electron chi connectivity index (χ4n) is 2.08. The Morgan fingerprint density at radius 2 is 1.71 bits per heavy atom. The first kappa shape index (κ1) is 15.4. The van der Waals surface area contributed by atoms with Crippen LogP contribution in [0.5, 0.6) is 0 Å². The van der Waals surface area contributed by atoms with E-state index >= 15 is 0 Å². The third kappa shape index (κ3) is 4.23. The Balaban J connectivity index is 2.01. The number of amides is 1. The molecular weight excluding hydrogens is 278 g/mol. The third-order valence-corrected chi connectivity index (χ3v) is 4.11. The van der Waals surface area contributed by atoms with Crippen molar-refractivity contribution in [1.82, 2.24) is 4.90 Å². The molecule has 108 valence electrons. The number of hydrogen-bond donors (Lipinski definition) is 0. The molecule has 0 unspecified atom stereocenters. The number of hydrogen-bond acceptors (Lipinski definition) is 2. The summed E-state index contributed by atoms with van der Waals surface area (Å²) >= 11 is 1.56. The molecule has 0 bridgehead atoms. The smallest absolute Gasteiger partial charge is 0.233 e. The highest BCUT2D eigenvalue weighted by atomic mass is 32.2. The molecule has 0 heterocycles. The van der Waals surface area contributed by atoms with Gasteiger partial charge >= 0.3 is 0 Å². The quantitative estimate of drug-likeness (QED) is 0.565. The summed E-state index contributed by atoms with van der Waals surface area (Å²) in [7, 11) is 0. The van der Waals surface area contributed by atoms with Crippen LogP contribution in [-0.4, -0.2) is 29.6 Å². The van der Waals surface area contributed by atoms with Gasteiger partial charge in [-0.1, -0.05) is 42.5 Å². The van der Waals surface area contributed by atoms with Gasteiger partial charge in [0.05, 0.1) is 5.75 Å². The number of benzene rings is 2. The molecule has 0 atom stereocenters. The minimum absolute atomic E-state index is 0.105. The van der Waals surface area contributed by atoms with Crippen molar-refractivity contribution in [3.63, 3.8) is 0 Å². The van der Waals surface area contributed by atoms with Gasteiger partial charge in [-0.05, 0) is 22.9 Å². The van der Waals surface area contributed by atoms with E-state index in [1.54, 1.807) is 28.8 Å². The van der Waals surface area contributed by atoms with E-state index in [9.17, 15) is 4.79 Å². The molecular formula is C18H19NOS. The average molecular weight is 297 g/mol. The van der Waals surface area contributed by atoms with E-state index in [-0.39, 0.29) is 5.91 Å². The second-order valence-electron chi connectivity index (χ2n) is 4.67. The fourth-order valence-corrected chi connectivity index (χ4v) is 2.93. The molecule has 2 aromatic rings. The summed E-state index contributed by atoms with van der Waals surface area (Å²) < 4.78 is 0. The van der Waals surface area contributed by atoms with E-state index in [1.807, 2.05) is 12.1 Å². The first-order valence-electron chi connectivity index (χ1n) is 6.85. The van der Waals surface area contributed by atoms with Crippen molar-refractivity contribution in [1.29, 1.82) is 0 Å². The molecule has 0 saturated carbocycles. The number of carbonyl (C=O) groups excluding carboxylic acids is 1. The van der Waals surface area contributed by atoms with Gasteiger partial charge in [-0.3, -0.25) is 4.79 Å². The van der Waals surface area contributed by atoms with Gasteiger partial charge in [0.2, 0.25) is 5.91 Å². The summed E-state index contributed by atoms with van der Waals surface area (Å²) in [4.78, 5) is 15.0. The molecule has 0 aliphatic heterocycles. The Labute approximate surface area is 130 Å². The highest BCUT2D eigenvalue weighted by molar-refractivity contribution is 8.00. The Hall–Kier alpha value is -2.00. The summed E-state index contributed by atoms with van der Waals surface area (Å²) in [6, 6.07) is 14.5. The van der Waals surface area contributed by atoms with E-state index in [2.05, 4.69) is 43.5 Å². The maximum absolute atomic E-state index is 12.2. The SMILES string of the molecule is C=CCN(CC=C)C(=O)CSc1ccc2ccccc2c1. The minimum Gasteiger partial charge on any atom is -0.335 e. The molecule has 0 radical (unpaired) electrons. The Morgan fingerprint density at radius 3 is 2.38 bits per heavy atom. The monoisotopic (exact) mass is 297 g/mol. The molecule has 0 fully saturated rings. The van der Waals surface area contributed by atoms with E-state index in [1.165, 1.54) is 10.8 Å². The first-order chi connectivity index (χ1) is 10.2. The van der Waals surface area contributed by atoms with Gasteiger partial charge in [0.25, 0.3) is 0 Å². The first-order valence-corrected chi connectivity index (χ1v) is 7.84. The van der Waals surface area contributed by atoms with Gasteiger partial charge in [0, 0.05) is 18.0 Å². The molecule has 0 spiro atoms. The minimum atomic E-state index is 0.105. The van der Waals surface area contributed by atoms with Gasteiger partial charge in [-0.15, -0.1) is 24.9 Å². The summed E-state index contributed by atoms with van der Waals surface area (Å²) in [5.74, 6) is 0.535. The average Bonchev–Trinajstić information content (AvgIpc) is 2.52. The van der Waals surface area contributed by atoms with Crippen LogP contribution in [0.25, 0.3) is 10.8 Å². The summed E-state index contributed by atoms with van der Waals surface area (Å²) in [6.45, 7) is 8.48. The number of rotatable bonds is 7. The molecule has 2 rings (SSSR count). The lowest BCUT2D eigenvalue weighted by Gasteiger charge is -2.18. The van der Waals surface area contributed by atoms with Crippen molar-refractivity contribution in [2.24, 2.45) is 0 Å². The molecule has 0 saturated heterocycles. The maximum Gasteiger partial charge on any atom is 0.233 e. The topological polar surface area (TPSA) is 20.3 Å². The molecule has 0 aliphatic rings. The van der Waals surface area contributed by atoms with Crippen molar-refractivity contribution < 1.29 is 4.79 Å². The molecule has 0 aromatic heterocycles. The zero-order valence-corrected chi connectivity index (χ0v) is 12.8. The van der Waals surface area contributed by atoms with Gasteiger partial charge in [0.15, 0.2) is 0 Å². The van der Waals surface area contributed by atoms with Crippen molar-refractivity contribution >= 4 is 28.4 Å². The summed E-state index contributed by atoms with van der Waals surface area (Å²) in [6.07, 6.45) is 3.48. The van der Waals surface area contributed by atoms with Crippen LogP contribution in [0.4, 0.5) is 0 Å². The van der Waals surface area contributed by atoms with E-state index < -0.39 is 0 Å². The second kappa shape index (κ2) is 7.70. The van der Waals surface area contributed by atoms with Gasteiger partial charge in [-0.25, -0.2) is 0 Å². The predicted octanol–water partition coefficient (Wildman–Crippen LogP) is 4.13. The highest BCUT2D eigenvalue weighted by Crippen LogP contribution is 2.23. The van der Waals surface area contributed by atoms with E-state index in [0.717, 1.165) is 4.90 Å². The zero-order valence-electron chi connectivity index (χ0n) is 12.0. The van der Waals surface area contributed by atoms with Crippen molar-refractivity contribution in [3.05, 3.63) is 67.8 Å². The number of thioether (sulfide) groups is 1. The van der Waals surface area contributed by atoms with Gasteiger partial charge in [0.1, 0.15) is 0 Å². The van der Waals surface area contributed by atoms with Gasteiger partial charge < -0.3 is 4.90 Å². The zero-order chi connectivity index (χ0) is 15.1. The lowest BCUT2D eigenvalue weighted by Crippen LogP contribution is -2.32. The molecule has 21 heavy (non-hydrogen) atoms. The lowest BCUT2D eigenvalue weighted by atomic mass is 10.1. The summed E-state index contributed by atoms with van der Waals surface area (Å²) in [5, 5.41) is 2.41. The predicted molar refractivity (Wildman–Crippen MR) is 91.6 cm³/mol. The van der Waals surface area contributed by atoms with Crippen LogP contribution in [-0.2, 0) is 4.79 Å². The Bertz CT molecular complexity index is 640. The van der Waals surface area contributed by atoms with Crippen LogP contribution in [0.1, 0.15) is 0 Å². The molecule has 0 aliphatic carbocycles. The Kier molecular flexibility index (Phi) is 5.64. The van der Waals surface area contributed by atoms with Crippen molar-refractivity contribution in [2.75, 3.05) is 18.8 Å². The highest BCUT2D eigenvalue weighted by Gasteiger charge is 2.11. The second-order valence-corrected chi connectivity index (χ2v) is 5.72. The van der Waals surface area contributed by atoms with Crippen LogP contribution in [0, 0.1) is 0 Å². The molecule has 2 aromatic carbocycles. The number of nitrogens with zero attached hydrogens (tertiary/aromatic N) is 1. The van der Waals surface area contributed by atoms with Crippen LogP contribution in [0.2, 0.25) is 0 Å². The number of fused-ring (bicyclic) bond motifs is 1. The standard InChI is InChI=1S/C18H19NOS/c1-3-11-19(12-4-2)18(20)14-21-17-10-9-15-7-5-6-8-16(15)13-17/h3-10,13H,1-2,11-12,14H2. The van der Waals surface area contributed by atoms with Crippen LogP contribution in [0.3, 0.4) is 0 Å². The van der Waals surface area contributed by atoms with E-state index in [0.29, 0.717) is 18.8 Å². The van der Waals surface area contributed by atoms with Crippen LogP contribution in [0.15, 0.2) is 72.7 Å². The van der Waals surface area contributed by atoms with Gasteiger partial charge in [-0.2, -0.15) is 0 Å². The van der Waals surface area contributed by atoms with Crippen molar-refractivity contribution in [2.45, 2.75) is 4.90 Å². The fraction of sp³-hybridized carbons (Fsp3) is 0.167. The third-order valence-electron chi connectivity index (χ3n) is 3.13. The van der Waals surface area contributed by atoms with Crippen LogP contribution >= 0.6 is 11.8 Å². The Morgan fingerprint density at radius 1 is 1.05 bits per heavy atom. The largest absolute Gasteiger partial charge is 0.335 e. The molecule has 0 N–H and O–H groups in total. The van der Waals surface area contributed by atoms with Crippen molar-refractivity contribution in [3.8, 4) is 0 Å². The molecule has 2 nitrogen and oxygen atoms in total. The van der Waals surface area contributed by atoms with E-state index in [4.69, 9.17) is 0 Å². The van der Waals surface area contributed by atoms with Crippen LogP contribution < -0.4 is 0 Å². The lowest BCUT2D eigenvalue weighted by molar-refractivity contribution is -0.127.